The molecule has 0 saturated carbocycles. The first-order valence-corrected chi connectivity index (χ1v) is 11.0. The molecule has 0 bridgehead atoms. The molecule has 1 saturated heterocycles. The topological polar surface area (TPSA) is 62.6 Å². The van der Waals surface area contributed by atoms with Crippen molar-refractivity contribution in [2.24, 2.45) is 0 Å². The lowest BCUT2D eigenvalue weighted by atomic mass is 10.0. The van der Waals surface area contributed by atoms with Gasteiger partial charge in [0.05, 0.1) is 24.4 Å². The molecule has 0 amide bonds. The van der Waals surface area contributed by atoms with Gasteiger partial charge in [0.1, 0.15) is 6.54 Å². The minimum Gasteiger partial charge on any atom is -0.465 e. The Morgan fingerprint density at radius 1 is 1.16 bits per heavy atom. The van der Waals surface area contributed by atoms with Gasteiger partial charge in [-0.25, -0.2) is 0 Å². The van der Waals surface area contributed by atoms with Crippen LogP contribution in [0.5, 0.6) is 0 Å². The van der Waals surface area contributed by atoms with E-state index in [0.29, 0.717) is 11.7 Å². The van der Waals surface area contributed by atoms with Crippen LogP contribution >= 0.6 is 12.2 Å². The van der Waals surface area contributed by atoms with E-state index in [4.69, 9.17) is 17.0 Å². The first-order chi connectivity index (χ1) is 15.5. The third-order valence-electron chi connectivity index (χ3n) is 5.53. The number of esters is 1. The molecule has 1 aliphatic heterocycles. The maximum atomic E-state index is 12.4. The molecule has 166 valence electrons. The van der Waals surface area contributed by atoms with E-state index in [-0.39, 0.29) is 24.6 Å². The van der Waals surface area contributed by atoms with Gasteiger partial charge in [0.2, 0.25) is 0 Å². The molecule has 2 atom stereocenters. The lowest BCUT2D eigenvalue weighted by Gasteiger charge is -2.28. The SMILES string of the molecule is CCOC(=O)CN1C(=S)N[C@H](c2ccccn2)[C@H]1c1cccn1-c1ccc(N(C)C)cc1. The number of aromatic nitrogens is 2. The van der Waals surface area contributed by atoms with Crippen LogP contribution in [0.4, 0.5) is 5.69 Å². The van der Waals surface area contributed by atoms with E-state index in [0.717, 1.165) is 22.8 Å². The van der Waals surface area contributed by atoms with Gasteiger partial charge in [-0.1, -0.05) is 6.07 Å². The minimum atomic E-state index is -0.309. The lowest BCUT2D eigenvalue weighted by Crippen LogP contribution is -2.36. The summed E-state index contributed by atoms with van der Waals surface area (Å²) in [5.41, 5.74) is 4.03. The zero-order valence-corrected chi connectivity index (χ0v) is 19.2. The van der Waals surface area contributed by atoms with Crippen LogP contribution in [-0.4, -0.2) is 52.8 Å². The van der Waals surface area contributed by atoms with Crippen molar-refractivity contribution in [1.82, 2.24) is 19.8 Å². The highest BCUT2D eigenvalue weighted by molar-refractivity contribution is 7.80. The number of thiocarbonyl (C=S) groups is 1. The number of ether oxygens (including phenoxy) is 1. The number of carbonyl (C=O) groups is 1. The van der Waals surface area contributed by atoms with Gasteiger partial charge in [0.15, 0.2) is 5.11 Å². The van der Waals surface area contributed by atoms with Gasteiger partial charge in [0.25, 0.3) is 0 Å². The molecular formula is C24H27N5O2S. The normalized spacial score (nSPS) is 17.8. The number of pyridine rings is 1. The third kappa shape index (κ3) is 4.31. The molecule has 32 heavy (non-hydrogen) atoms. The van der Waals surface area contributed by atoms with Crippen molar-refractivity contribution in [2.75, 3.05) is 32.1 Å². The maximum Gasteiger partial charge on any atom is 0.325 e. The second-order valence-electron chi connectivity index (χ2n) is 7.77. The standard InChI is InChI=1S/C24H27N5O2S/c1-4-31-21(30)16-29-23(22(26-24(29)32)19-8-5-6-14-25-19)20-9-7-15-28(20)18-12-10-17(11-13-18)27(2)3/h5-15,22-23H,4,16H2,1-3H3,(H,26,32)/t22-,23-/m1/s1. The van der Waals surface area contributed by atoms with E-state index >= 15 is 0 Å². The highest BCUT2D eigenvalue weighted by Crippen LogP contribution is 2.39. The van der Waals surface area contributed by atoms with Crippen molar-refractivity contribution >= 4 is 29.0 Å². The molecule has 3 aromatic rings. The van der Waals surface area contributed by atoms with Crippen LogP contribution in [-0.2, 0) is 9.53 Å². The van der Waals surface area contributed by atoms with Gasteiger partial charge in [-0.15, -0.1) is 0 Å². The van der Waals surface area contributed by atoms with Crippen LogP contribution in [0.2, 0.25) is 0 Å². The second kappa shape index (κ2) is 9.40. The Hall–Kier alpha value is -3.39. The number of hydrogen-bond donors (Lipinski definition) is 1. The highest BCUT2D eigenvalue weighted by Gasteiger charge is 2.42. The zero-order valence-electron chi connectivity index (χ0n) is 18.4. The van der Waals surface area contributed by atoms with Gasteiger partial charge >= 0.3 is 5.97 Å². The summed E-state index contributed by atoms with van der Waals surface area (Å²) < 4.78 is 7.35. The summed E-state index contributed by atoms with van der Waals surface area (Å²) in [5.74, 6) is -0.309. The fraction of sp³-hybridized carbons (Fsp3) is 0.292. The number of rotatable bonds is 7. The molecule has 4 rings (SSSR count). The van der Waals surface area contributed by atoms with Crippen LogP contribution in [0, 0.1) is 0 Å². The van der Waals surface area contributed by atoms with E-state index in [1.165, 1.54) is 0 Å². The van der Waals surface area contributed by atoms with Gasteiger partial charge in [-0.3, -0.25) is 9.78 Å². The van der Waals surface area contributed by atoms with Crippen molar-refractivity contribution in [3.05, 3.63) is 78.4 Å². The van der Waals surface area contributed by atoms with E-state index in [1.807, 2.05) is 49.5 Å². The lowest BCUT2D eigenvalue weighted by molar-refractivity contribution is -0.143. The monoisotopic (exact) mass is 449 g/mol. The molecule has 1 aromatic carbocycles. The molecule has 0 radical (unpaired) electrons. The summed E-state index contributed by atoms with van der Waals surface area (Å²) in [4.78, 5) is 20.9. The van der Waals surface area contributed by atoms with Gasteiger partial charge in [-0.2, -0.15) is 0 Å². The zero-order chi connectivity index (χ0) is 22.7. The first kappa shape index (κ1) is 21.8. The molecule has 2 aromatic heterocycles. The Labute approximate surface area is 193 Å². The summed E-state index contributed by atoms with van der Waals surface area (Å²) in [6.45, 7) is 2.20. The number of hydrogen-bond acceptors (Lipinski definition) is 5. The van der Waals surface area contributed by atoms with Crippen molar-refractivity contribution < 1.29 is 9.53 Å². The van der Waals surface area contributed by atoms with E-state index < -0.39 is 0 Å². The average molecular weight is 450 g/mol. The predicted octanol–water partition coefficient (Wildman–Crippen LogP) is 3.47. The second-order valence-corrected chi connectivity index (χ2v) is 8.16. The molecule has 0 spiro atoms. The van der Waals surface area contributed by atoms with E-state index in [2.05, 4.69) is 50.1 Å². The first-order valence-electron chi connectivity index (χ1n) is 10.6. The highest BCUT2D eigenvalue weighted by atomic mass is 32.1. The summed E-state index contributed by atoms with van der Waals surface area (Å²) >= 11 is 5.64. The van der Waals surface area contributed by atoms with Crippen LogP contribution in [0.15, 0.2) is 67.0 Å². The van der Waals surface area contributed by atoms with E-state index in [9.17, 15) is 4.79 Å². The molecule has 7 nitrogen and oxygen atoms in total. The summed E-state index contributed by atoms with van der Waals surface area (Å²) in [6.07, 6.45) is 3.80. The van der Waals surface area contributed by atoms with Crippen LogP contribution in [0.25, 0.3) is 5.69 Å². The molecule has 1 aliphatic rings. The van der Waals surface area contributed by atoms with Crippen LogP contribution in [0.3, 0.4) is 0 Å². The third-order valence-corrected chi connectivity index (χ3v) is 5.88. The van der Waals surface area contributed by atoms with Crippen molar-refractivity contribution in [1.29, 1.82) is 0 Å². The van der Waals surface area contributed by atoms with E-state index in [1.54, 1.807) is 13.1 Å². The Balaban J connectivity index is 1.75. The fourth-order valence-electron chi connectivity index (χ4n) is 4.02. The van der Waals surface area contributed by atoms with Gasteiger partial charge in [0, 0.05) is 43.6 Å². The van der Waals surface area contributed by atoms with Crippen molar-refractivity contribution in [3.8, 4) is 5.69 Å². The Morgan fingerprint density at radius 3 is 2.59 bits per heavy atom. The number of anilines is 1. The number of carbonyl (C=O) groups excluding carboxylic acids is 1. The molecule has 1 N–H and O–H groups in total. The largest absolute Gasteiger partial charge is 0.465 e. The molecular weight excluding hydrogens is 422 g/mol. The molecule has 0 unspecified atom stereocenters. The Morgan fingerprint density at radius 2 is 1.94 bits per heavy atom. The Kier molecular flexibility index (Phi) is 6.41. The van der Waals surface area contributed by atoms with Crippen molar-refractivity contribution in [3.63, 3.8) is 0 Å². The average Bonchev–Trinajstić information content (AvgIpc) is 3.39. The van der Waals surface area contributed by atoms with Crippen molar-refractivity contribution in [2.45, 2.75) is 19.0 Å². The molecule has 3 heterocycles. The van der Waals surface area contributed by atoms with Gasteiger partial charge in [-0.05, 0) is 67.7 Å². The summed E-state index contributed by atoms with van der Waals surface area (Å²) in [7, 11) is 4.04. The number of nitrogens with one attached hydrogen (secondary N) is 1. The Bertz CT molecular complexity index is 1080. The van der Waals surface area contributed by atoms with Gasteiger partial charge < -0.3 is 24.4 Å². The molecule has 0 aliphatic carbocycles. The molecule has 8 heteroatoms. The number of benzene rings is 1. The van der Waals surface area contributed by atoms with Crippen LogP contribution in [0.1, 0.15) is 30.4 Å². The summed E-state index contributed by atoms with van der Waals surface area (Å²) in [5, 5.41) is 3.88. The quantitative estimate of drug-likeness (QED) is 0.438. The number of nitrogens with zero attached hydrogens (tertiary/aromatic N) is 4. The smallest absolute Gasteiger partial charge is 0.325 e. The summed E-state index contributed by atoms with van der Waals surface area (Å²) in [6, 6.07) is 17.8. The van der Waals surface area contributed by atoms with Crippen LogP contribution < -0.4 is 10.2 Å². The molecule has 1 fully saturated rings. The minimum absolute atomic E-state index is 0.0679. The predicted molar refractivity (Wildman–Crippen MR) is 129 cm³/mol. The fourth-order valence-corrected chi connectivity index (χ4v) is 4.33. The maximum absolute atomic E-state index is 12.4.